The third-order valence-corrected chi connectivity index (χ3v) is 3.70. The largest absolute Gasteiger partial charge is 0.399 e. The van der Waals surface area contributed by atoms with Gasteiger partial charge in [-0.1, -0.05) is 12.1 Å². The Kier molecular flexibility index (Phi) is 3.97. The minimum Gasteiger partial charge on any atom is -0.399 e. The van der Waals surface area contributed by atoms with Crippen molar-refractivity contribution in [3.8, 4) is 0 Å². The van der Waals surface area contributed by atoms with E-state index in [9.17, 15) is 9.00 Å². The quantitative estimate of drug-likeness (QED) is 0.665. The first-order chi connectivity index (χ1) is 9.06. The van der Waals surface area contributed by atoms with E-state index in [1.165, 1.54) is 6.92 Å². The van der Waals surface area contributed by atoms with Crippen LogP contribution in [0.15, 0.2) is 53.4 Å². The van der Waals surface area contributed by atoms with Crippen molar-refractivity contribution in [2.24, 2.45) is 0 Å². The molecule has 0 amide bonds. The van der Waals surface area contributed by atoms with Crippen LogP contribution in [-0.4, -0.2) is 9.99 Å². The Balaban J connectivity index is 2.17. The van der Waals surface area contributed by atoms with Gasteiger partial charge in [0, 0.05) is 16.9 Å². The van der Waals surface area contributed by atoms with Gasteiger partial charge in [-0.05, 0) is 43.3 Å². The molecule has 1 unspecified atom stereocenters. The minimum atomic E-state index is -1.38. The molecule has 0 spiro atoms. The lowest BCUT2D eigenvalue weighted by atomic mass is 10.1. The van der Waals surface area contributed by atoms with Crippen molar-refractivity contribution in [1.82, 2.24) is 0 Å². The highest BCUT2D eigenvalue weighted by molar-refractivity contribution is 7.86. The predicted molar refractivity (Wildman–Crippen MR) is 77.3 cm³/mol. The summed E-state index contributed by atoms with van der Waals surface area (Å²) in [5.41, 5.74) is 7.42. The number of carbonyl (C=O) groups excluding carboxylic acids is 1. The SMILES string of the molecule is CC(=O)c1cccc(NS(=O)c2ccc(N)cc2)c1. The van der Waals surface area contributed by atoms with Crippen molar-refractivity contribution in [3.05, 3.63) is 54.1 Å². The molecule has 2 rings (SSSR count). The van der Waals surface area contributed by atoms with Gasteiger partial charge in [-0.25, -0.2) is 4.21 Å². The van der Waals surface area contributed by atoms with E-state index in [-0.39, 0.29) is 5.78 Å². The van der Waals surface area contributed by atoms with Crippen LogP contribution in [0.1, 0.15) is 17.3 Å². The number of anilines is 2. The number of nitrogens with two attached hydrogens (primary N) is 1. The summed E-state index contributed by atoms with van der Waals surface area (Å²) in [5, 5.41) is 0. The van der Waals surface area contributed by atoms with E-state index in [0.29, 0.717) is 21.8 Å². The highest BCUT2D eigenvalue weighted by atomic mass is 32.2. The first kappa shape index (κ1) is 13.3. The van der Waals surface area contributed by atoms with E-state index in [4.69, 9.17) is 5.73 Å². The zero-order chi connectivity index (χ0) is 13.8. The number of nitrogens with one attached hydrogen (secondary N) is 1. The highest BCUT2D eigenvalue weighted by Gasteiger charge is 2.05. The normalized spacial score (nSPS) is 11.8. The van der Waals surface area contributed by atoms with Gasteiger partial charge in [0.25, 0.3) is 0 Å². The molecule has 0 bridgehead atoms. The Morgan fingerprint density at radius 2 is 1.84 bits per heavy atom. The fraction of sp³-hybridized carbons (Fsp3) is 0.0714. The van der Waals surface area contributed by atoms with Crippen LogP contribution in [-0.2, 0) is 11.0 Å². The molecule has 1 atom stereocenters. The molecule has 5 heteroatoms. The molecular weight excluding hydrogens is 260 g/mol. The van der Waals surface area contributed by atoms with Crippen LogP contribution in [0.5, 0.6) is 0 Å². The average Bonchev–Trinajstić information content (AvgIpc) is 2.39. The molecule has 19 heavy (non-hydrogen) atoms. The van der Waals surface area contributed by atoms with Gasteiger partial charge in [0.15, 0.2) is 5.78 Å². The molecule has 0 heterocycles. The van der Waals surface area contributed by atoms with E-state index in [1.807, 2.05) is 0 Å². The number of nitrogen functional groups attached to an aromatic ring is 1. The van der Waals surface area contributed by atoms with Crippen molar-refractivity contribution in [3.63, 3.8) is 0 Å². The minimum absolute atomic E-state index is 0.0260. The van der Waals surface area contributed by atoms with E-state index >= 15 is 0 Å². The fourth-order valence-electron chi connectivity index (χ4n) is 1.56. The second-order valence-electron chi connectivity index (χ2n) is 4.08. The predicted octanol–water partition coefficient (Wildman–Crippen LogP) is 2.61. The van der Waals surface area contributed by atoms with Gasteiger partial charge in [0.05, 0.1) is 4.90 Å². The third kappa shape index (κ3) is 3.42. The number of carbonyl (C=O) groups is 1. The Labute approximate surface area is 114 Å². The number of ketones is 1. The molecule has 0 radical (unpaired) electrons. The number of Topliss-reactive ketones (excluding diaryl/α,β-unsaturated/α-hetero) is 1. The third-order valence-electron chi connectivity index (χ3n) is 2.57. The lowest BCUT2D eigenvalue weighted by Gasteiger charge is -2.07. The maximum Gasteiger partial charge on any atom is 0.159 e. The molecule has 98 valence electrons. The summed E-state index contributed by atoms with van der Waals surface area (Å²) >= 11 is 0. The smallest absolute Gasteiger partial charge is 0.159 e. The number of hydrogen-bond acceptors (Lipinski definition) is 3. The summed E-state index contributed by atoms with van der Waals surface area (Å²) < 4.78 is 14.9. The van der Waals surface area contributed by atoms with Gasteiger partial charge in [0.1, 0.15) is 11.0 Å². The van der Waals surface area contributed by atoms with Crippen LogP contribution in [0.3, 0.4) is 0 Å². The fourth-order valence-corrected chi connectivity index (χ4v) is 2.40. The first-order valence-corrected chi connectivity index (χ1v) is 6.86. The maximum atomic E-state index is 12.1. The Morgan fingerprint density at radius 3 is 2.47 bits per heavy atom. The van der Waals surface area contributed by atoms with Crippen LogP contribution in [0, 0.1) is 0 Å². The summed E-state index contributed by atoms with van der Waals surface area (Å²) in [6.45, 7) is 1.50. The molecule has 0 aliphatic heterocycles. The molecule has 3 N–H and O–H groups in total. The topological polar surface area (TPSA) is 72.2 Å². The van der Waals surface area contributed by atoms with E-state index in [0.717, 1.165) is 0 Å². The molecule has 2 aromatic rings. The molecule has 0 aromatic heterocycles. The number of benzene rings is 2. The van der Waals surface area contributed by atoms with Crippen LogP contribution in [0.25, 0.3) is 0 Å². The van der Waals surface area contributed by atoms with Crippen LogP contribution in [0.4, 0.5) is 11.4 Å². The lowest BCUT2D eigenvalue weighted by Crippen LogP contribution is -2.05. The molecule has 0 aliphatic rings. The number of hydrogen-bond donors (Lipinski definition) is 2. The average molecular weight is 274 g/mol. The zero-order valence-electron chi connectivity index (χ0n) is 10.4. The van der Waals surface area contributed by atoms with Crippen LogP contribution in [0.2, 0.25) is 0 Å². The van der Waals surface area contributed by atoms with Crippen molar-refractivity contribution in [2.45, 2.75) is 11.8 Å². The summed E-state index contributed by atoms with van der Waals surface area (Å²) in [5.74, 6) is -0.0260. The zero-order valence-corrected chi connectivity index (χ0v) is 11.2. The van der Waals surface area contributed by atoms with E-state index in [2.05, 4.69) is 4.72 Å². The molecule has 0 saturated carbocycles. The van der Waals surface area contributed by atoms with Gasteiger partial charge in [-0.2, -0.15) is 0 Å². The maximum absolute atomic E-state index is 12.1. The Bertz CT molecular complexity index is 624. The van der Waals surface area contributed by atoms with E-state index < -0.39 is 11.0 Å². The molecular formula is C14H14N2O2S. The van der Waals surface area contributed by atoms with Gasteiger partial charge < -0.3 is 10.5 Å². The Hall–Kier alpha value is -2.14. The molecule has 0 fully saturated rings. The van der Waals surface area contributed by atoms with Gasteiger partial charge >= 0.3 is 0 Å². The van der Waals surface area contributed by atoms with Crippen molar-refractivity contribution < 1.29 is 9.00 Å². The summed E-state index contributed by atoms with van der Waals surface area (Å²) in [6, 6.07) is 13.7. The molecule has 0 saturated heterocycles. The van der Waals surface area contributed by atoms with Crippen molar-refractivity contribution in [1.29, 1.82) is 0 Å². The van der Waals surface area contributed by atoms with Crippen molar-refractivity contribution in [2.75, 3.05) is 10.5 Å². The lowest BCUT2D eigenvalue weighted by molar-refractivity contribution is 0.101. The van der Waals surface area contributed by atoms with Crippen LogP contribution >= 0.6 is 0 Å². The van der Waals surface area contributed by atoms with E-state index in [1.54, 1.807) is 48.5 Å². The second kappa shape index (κ2) is 5.67. The number of rotatable bonds is 4. The monoisotopic (exact) mass is 274 g/mol. The summed E-state index contributed by atoms with van der Waals surface area (Å²) in [7, 11) is -1.38. The first-order valence-electron chi connectivity index (χ1n) is 5.71. The summed E-state index contributed by atoms with van der Waals surface area (Å²) in [6.07, 6.45) is 0. The standard InChI is InChI=1S/C14H14N2O2S/c1-10(17)11-3-2-4-13(9-11)16-19(18)14-7-5-12(15)6-8-14/h2-9,16H,15H2,1H3. The highest BCUT2D eigenvalue weighted by Crippen LogP contribution is 2.16. The van der Waals surface area contributed by atoms with Gasteiger partial charge in [-0.3, -0.25) is 4.79 Å². The van der Waals surface area contributed by atoms with Crippen molar-refractivity contribution >= 4 is 28.1 Å². The molecule has 4 nitrogen and oxygen atoms in total. The Morgan fingerprint density at radius 1 is 1.16 bits per heavy atom. The summed E-state index contributed by atoms with van der Waals surface area (Å²) in [4.78, 5) is 11.9. The molecule has 0 aliphatic carbocycles. The molecule has 2 aromatic carbocycles. The second-order valence-corrected chi connectivity index (χ2v) is 5.29. The van der Waals surface area contributed by atoms with Crippen LogP contribution < -0.4 is 10.5 Å². The van der Waals surface area contributed by atoms with Gasteiger partial charge in [0.2, 0.25) is 0 Å². The van der Waals surface area contributed by atoms with Gasteiger partial charge in [-0.15, -0.1) is 0 Å².